The third-order valence-corrected chi connectivity index (χ3v) is 7.34. The first-order valence-corrected chi connectivity index (χ1v) is 13.7. The molecule has 0 aliphatic heterocycles. The van der Waals surface area contributed by atoms with Crippen LogP contribution in [0.5, 0.6) is 0 Å². The molecule has 0 saturated heterocycles. The van der Waals surface area contributed by atoms with Gasteiger partial charge in [0.25, 0.3) is 0 Å². The number of benzene rings is 2. The van der Waals surface area contributed by atoms with Gasteiger partial charge in [-0.2, -0.15) is 11.8 Å². The lowest BCUT2D eigenvalue weighted by Gasteiger charge is -2.20. The van der Waals surface area contributed by atoms with Crippen molar-refractivity contribution >= 4 is 34.7 Å². The summed E-state index contributed by atoms with van der Waals surface area (Å²) in [6.45, 7) is 2.29. The zero-order valence-electron chi connectivity index (χ0n) is 19.7. The molecule has 2 rings (SSSR count). The molecule has 0 saturated carbocycles. The average Bonchev–Trinajstić information content (AvgIpc) is 2.80. The molecule has 0 radical (unpaired) electrons. The Morgan fingerprint density at radius 2 is 1.32 bits per heavy atom. The summed E-state index contributed by atoms with van der Waals surface area (Å²) in [4.78, 5) is 3.08. The molecule has 0 N–H and O–H groups in total. The molecule has 0 heterocycles. The Hall–Kier alpha value is -1.32. The van der Waals surface area contributed by atoms with Gasteiger partial charge in [0.15, 0.2) is 0 Å². The highest BCUT2D eigenvalue weighted by atomic mass is 32.2. The number of unbranched alkanes of at least 4 members (excludes halogenated alkanes) is 9. The molecule has 31 heavy (non-hydrogen) atoms. The number of thioether (sulfide) groups is 1. The van der Waals surface area contributed by atoms with E-state index in [0.29, 0.717) is 0 Å². The van der Waals surface area contributed by atoms with Crippen LogP contribution in [0.2, 0.25) is 0 Å². The van der Waals surface area contributed by atoms with Crippen LogP contribution in [0.15, 0.2) is 54.6 Å². The first-order chi connectivity index (χ1) is 15.2. The van der Waals surface area contributed by atoms with Crippen molar-refractivity contribution in [3.63, 3.8) is 0 Å². The first-order valence-electron chi connectivity index (χ1n) is 12.2. The molecule has 0 aliphatic rings. The van der Waals surface area contributed by atoms with Gasteiger partial charge in [-0.15, -0.1) is 0 Å². The predicted octanol–water partition coefficient (Wildman–Crippen LogP) is 8.85. The fraction of sp³-hybridized carbons (Fsp3) is 0.536. The zero-order chi connectivity index (χ0) is 22.2. The molecule has 0 bridgehead atoms. The Morgan fingerprint density at radius 3 is 1.94 bits per heavy atom. The molecular formula is C28H41NS2. The number of anilines is 1. The van der Waals surface area contributed by atoms with Crippen molar-refractivity contribution in [2.45, 2.75) is 83.3 Å². The number of thiocarbonyl (C=S) groups is 1. The van der Waals surface area contributed by atoms with Gasteiger partial charge in [-0.05, 0) is 35.4 Å². The first kappa shape index (κ1) is 25.9. The molecule has 0 atom stereocenters. The third-order valence-electron chi connectivity index (χ3n) is 5.81. The minimum Gasteiger partial charge on any atom is -0.339 e. The van der Waals surface area contributed by atoms with Crippen molar-refractivity contribution in [3.05, 3.63) is 65.7 Å². The quantitative estimate of drug-likeness (QED) is 0.184. The van der Waals surface area contributed by atoms with Crippen LogP contribution in [-0.4, -0.2) is 17.8 Å². The summed E-state index contributed by atoms with van der Waals surface area (Å²) in [5.41, 5.74) is 3.84. The lowest BCUT2D eigenvalue weighted by Crippen LogP contribution is -2.26. The topological polar surface area (TPSA) is 3.24 Å². The van der Waals surface area contributed by atoms with Crippen molar-refractivity contribution in [2.75, 3.05) is 17.7 Å². The van der Waals surface area contributed by atoms with Crippen molar-refractivity contribution in [2.24, 2.45) is 0 Å². The molecule has 3 heteroatoms. The Morgan fingerprint density at radius 1 is 0.742 bits per heavy atom. The third kappa shape index (κ3) is 11.2. The van der Waals surface area contributed by atoms with Gasteiger partial charge in [-0.3, -0.25) is 0 Å². The minimum atomic E-state index is 0.809. The summed E-state index contributed by atoms with van der Waals surface area (Å²) in [7, 11) is 2.07. The van der Waals surface area contributed by atoms with E-state index in [-0.39, 0.29) is 0 Å². The van der Waals surface area contributed by atoms with Crippen LogP contribution < -0.4 is 4.90 Å². The Balaban J connectivity index is 1.55. The number of likely N-dealkylation sites (N-methyl/N-ethyl adjacent to an activating group) is 1. The second-order valence-electron chi connectivity index (χ2n) is 8.52. The van der Waals surface area contributed by atoms with Crippen LogP contribution in [0.1, 0.15) is 82.3 Å². The van der Waals surface area contributed by atoms with Crippen LogP contribution in [0.3, 0.4) is 0 Å². The van der Waals surface area contributed by atoms with E-state index in [1.165, 1.54) is 86.8 Å². The molecule has 0 amide bonds. The molecular weight excluding hydrogens is 414 g/mol. The fourth-order valence-electron chi connectivity index (χ4n) is 3.73. The number of hydrogen-bond donors (Lipinski definition) is 0. The largest absolute Gasteiger partial charge is 0.339 e. The smallest absolute Gasteiger partial charge is 0.0865 e. The number of nitrogens with zero attached hydrogens (tertiary/aromatic N) is 1. The van der Waals surface area contributed by atoms with Crippen molar-refractivity contribution in [1.82, 2.24) is 0 Å². The Bertz CT molecular complexity index is 712. The van der Waals surface area contributed by atoms with Gasteiger partial charge >= 0.3 is 0 Å². The second kappa shape index (κ2) is 16.3. The summed E-state index contributed by atoms with van der Waals surface area (Å²) in [5, 5.41) is 0. The highest BCUT2D eigenvalue weighted by Gasteiger charge is 2.08. The summed E-state index contributed by atoms with van der Waals surface area (Å²) in [6.07, 6.45) is 14.9. The molecule has 0 aromatic heterocycles. The average molecular weight is 456 g/mol. The summed E-state index contributed by atoms with van der Waals surface area (Å²) in [5.74, 6) is 2.38. The normalized spacial score (nSPS) is 10.9. The standard InChI is InChI=1S/C28H41NS2/c1-3-4-5-6-7-8-9-10-11-15-22-31-24-26-18-20-27(21-19-26)29(2)28(30)23-25-16-13-12-14-17-25/h12-14,16-21H,3-11,15,22-24H2,1-2H3. The van der Waals surface area contributed by atoms with E-state index >= 15 is 0 Å². The van der Waals surface area contributed by atoms with Gasteiger partial charge in [0.1, 0.15) is 0 Å². The number of hydrogen-bond acceptors (Lipinski definition) is 2. The monoisotopic (exact) mass is 455 g/mol. The maximum Gasteiger partial charge on any atom is 0.0865 e. The van der Waals surface area contributed by atoms with Gasteiger partial charge < -0.3 is 4.90 Å². The van der Waals surface area contributed by atoms with E-state index in [2.05, 4.69) is 79.2 Å². The van der Waals surface area contributed by atoms with E-state index in [1.54, 1.807) is 0 Å². The van der Waals surface area contributed by atoms with E-state index < -0.39 is 0 Å². The highest BCUT2D eigenvalue weighted by molar-refractivity contribution is 7.98. The van der Waals surface area contributed by atoms with Crippen LogP contribution >= 0.6 is 24.0 Å². The lowest BCUT2D eigenvalue weighted by molar-refractivity contribution is 0.563. The van der Waals surface area contributed by atoms with Crippen molar-refractivity contribution in [1.29, 1.82) is 0 Å². The van der Waals surface area contributed by atoms with Gasteiger partial charge in [0.2, 0.25) is 0 Å². The minimum absolute atomic E-state index is 0.809. The molecule has 170 valence electrons. The highest BCUT2D eigenvalue weighted by Crippen LogP contribution is 2.20. The van der Waals surface area contributed by atoms with E-state index in [4.69, 9.17) is 12.2 Å². The van der Waals surface area contributed by atoms with Crippen LogP contribution in [-0.2, 0) is 12.2 Å². The van der Waals surface area contributed by atoms with Gasteiger partial charge in [-0.25, -0.2) is 0 Å². The van der Waals surface area contributed by atoms with Gasteiger partial charge in [-0.1, -0.05) is 119 Å². The molecule has 2 aromatic carbocycles. The maximum atomic E-state index is 5.66. The zero-order valence-corrected chi connectivity index (χ0v) is 21.3. The molecule has 2 aromatic rings. The van der Waals surface area contributed by atoms with Crippen molar-refractivity contribution in [3.8, 4) is 0 Å². The molecule has 0 fully saturated rings. The van der Waals surface area contributed by atoms with E-state index in [0.717, 1.165) is 17.2 Å². The lowest BCUT2D eigenvalue weighted by atomic mass is 10.1. The summed E-state index contributed by atoms with van der Waals surface area (Å²) in [6, 6.07) is 19.4. The SMILES string of the molecule is CCCCCCCCCCCCSCc1ccc(N(C)C(=S)Cc2ccccc2)cc1. The summed E-state index contributed by atoms with van der Waals surface area (Å²) < 4.78 is 0. The molecule has 1 nitrogen and oxygen atoms in total. The van der Waals surface area contributed by atoms with E-state index in [1.807, 2.05) is 6.07 Å². The predicted molar refractivity (Wildman–Crippen MR) is 146 cm³/mol. The van der Waals surface area contributed by atoms with Crippen LogP contribution in [0.25, 0.3) is 0 Å². The van der Waals surface area contributed by atoms with Crippen LogP contribution in [0.4, 0.5) is 5.69 Å². The fourth-order valence-corrected chi connectivity index (χ4v) is 4.98. The van der Waals surface area contributed by atoms with Gasteiger partial charge in [0.05, 0.1) is 4.99 Å². The second-order valence-corrected chi connectivity index (χ2v) is 10.1. The maximum absolute atomic E-state index is 5.66. The van der Waals surface area contributed by atoms with Crippen LogP contribution in [0, 0.1) is 0 Å². The van der Waals surface area contributed by atoms with E-state index in [9.17, 15) is 0 Å². The molecule has 0 aliphatic carbocycles. The van der Waals surface area contributed by atoms with Crippen molar-refractivity contribution < 1.29 is 0 Å². The Labute approximate surface area is 201 Å². The molecule has 0 unspecified atom stereocenters. The van der Waals surface area contributed by atoms with Gasteiger partial charge in [0, 0.05) is 24.9 Å². The molecule has 0 spiro atoms. The number of rotatable bonds is 16. The summed E-state index contributed by atoms with van der Waals surface area (Å²) >= 11 is 7.72. The Kier molecular flexibility index (Phi) is 13.7.